The molecule has 0 saturated carbocycles. The summed E-state index contributed by atoms with van der Waals surface area (Å²) < 4.78 is 9.31. The van der Waals surface area contributed by atoms with E-state index in [1.807, 2.05) is 0 Å². The second-order valence-corrected chi connectivity index (χ2v) is 18.4. The summed E-state index contributed by atoms with van der Waals surface area (Å²) in [7, 11) is 0. The van der Waals surface area contributed by atoms with E-state index in [1.165, 1.54) is 53.0 Å². The van der Waals surface area contributed by atoms with Crippen LogP contribution in [0.15, 0.2) is 211 Å². The summed E-state index contributed by atoms with van der Waals surface area (Å²) in [6.07, 6.45) is 3.15. The molecule has 0 bridgehead atoms. The number of fused-ring (bicyclic) bond motifs is 8. The van der Waals surface area contributed by atoms with Crippen molar-refractivity contribution in [3.8, 4) is 45.3 Å². The highest BCUT2D eigenvalue weighted by Gasteiger charge is 2.40. The number of aromatic nitrogens is 3. The molecule has 3 heterocycles. The highest BCUT2D eigenvalue weighted by atomic mass is 32.1. The third-order valence-electron chi connectivity index (χ3n) is 13.4. The Balaban J connectivity index is 0.997. The molecule has 65 heavy (non-hydrogen) atoms. The van der Waals surface area contributed by atoms with Gasteiger partial charge in [0.1, 0.15) is 11.3 Å². The normalized spacial score (nSPS) is 14.9. The first-order valence-corrected chi connectivity index (χ1v) is 22.9. The number of nitrogens with zero attached hydrogens (tertiary/aromatic N) is 3. The van der Waals surface area contributed by atoms with Gasteiger partial charge in [0, 0.05) is 58.8 Å². The highest BCUT2D eigenvalue weighted by molar-refractivity contribution is 7.25. The summed E-state index contributed by atoms with van der Waals surface area (Å²) in [6.45, 7) is 2.37. The zero-order valence-electron chi connectivity index (χ0n) is 35.5. The predicted molar refractivity (Wildman–Crippen MR) is 270 cm³/mol. The fourth-order valence-corrected chi connectivity index (χ4v) is 11.2. The SMILES string of the molecule is CC1(c2cc(-c3nc(-c4ccc(-c5ccc6ccccc6c5)cc4)nc(-c4ccc5c(c4)sc4ccccc45)n3)cc3ccccc23)CC=C(c2ccccc2)c2oc3ccccc3c21. The molecule has 5 heteroatoms. The van der Waals surface area contributed by atoms with Crippen molar-refractivity contribution in [2.75, 3.05) is 0 Å². The molecule has 0 aliphatic heterocycles. The smallest absolute Gasteiger partial charge is 0.164 e. The summed E-state index contributed by atoms with van der Waals surface area (Å²) in [5, 5.41) is 8.41. The molecule has 0 N–H and O–H groups in total. The monoisotopic (exact) mass is 849 g/mol. The van der Waals surface area contributed by atoms with Crippen LogP contribution in [0.1, 0.15) is 35.8 Å². The Bertz CT molecular complexity index is 3880. The first-order chi connectivity index (χ1) is 32.0. The average molecular weight is 850 g/mol. The van der Waals surface area contributed by atoms with Crippen LogP contribution in [0.3, 0.4) is 0 Å². The molecule has 12 aromatic rings. The molecule has 1 atom stereocenters. The van der Waals surface area contributed by atoms with Crippen molar-refractivity contribution in [3.63, 3.8) is 0 Å². The molecule has 4 nitrogen and oxygen atoms in total. The average Bonchev–Trinajstić information content (AvgIpc) is 3.96. The van der Waals surface area contributed by atoms with Crippen molar-refractivity contribution < 1.29 is 4.42 Å². The Morgan fingerprint density at radius 2 is 1.03 bits per heavy atom. The maximum atomic E-state index is 6.84. The Morgan fingerprint density at radius 3 is 1.86 bits per heavy atom. The summed E-state index contributed by atoms with van der Waals surface area (Å²) in [6, 6.07) is 71.3. The van der Waals surface area contributed by atoms with Crippen LogP contribution < -0.4 is 0 Å². The third-order valence-corrected chi connectivity index (χ3v) is 14.5. The largest absolute Gasteiger partial charge is 0.456 e. The van der Waals surface area contributed by atoms with Gasteiger partial charge in [-0.25, -0.2) is 15.0 Å². The topological polar surface area (TPSA) is 51.8 Å². The van der Waals surface area contributed by atoms with Crippen LogP contribution >= 0.6 is 11.3 Å². The molecule has 1 aliphatic rings. The van der Waals surface area contributed by atoms with Crippen LogP contribution in [-0.2, 0) is 5.41 Å². The van der Waals surface area contributed by atoms with Gasteiger partial charge in [-0.3, -0.25) is 0 Å². The second kappa shape index (κ2) is 14.8. The third kappa shape index (κ3) is 6.22. The van der Waals surface area contributed by atoms with Gasteiger partial charge in [-0.1, -0.05) is 177 Å². The van der Waals surface area contributed by atoms with Crippen LogP contribution in [0.5, 0.6) is 0 Å². The zero-order chi connectivity index (χ0) is 43.1. The first-order valence-electron chi connectivity index (χ1n) is 22.1. The van der Waals surface area contributed by atoms with E-state index in [9.17, 15) is 0 Å². The van der Waals surface area contributed by atoms with Gasteiger partial charge in [-0.05, 0) is 86.6 Å². The number of hydrogen-bond donors (Lipinski definition) is 0. The summed E-state index contributed by atoms with van der Waals surface area (Å²) in [5.41, 5.74) is 10.3. The van der Waals surface area contributed by atoms with Gasteiger partial charge in [0.25, 0.3) is 0 Å². The maximum Gasteiger partial charge on any atom is 0.164 e. The zero-order valence-corrected chi connectivity index (χ0v) is 36.3. The van der Waals surface area contributed by atoms with Crippen molar-refractivity contribution in [1.29, 1.82) is 0 Å². The highest BCUT2D eigenvalue weighted by Crippen LogP contribution is 2.52. The van der Waals surface area contributed by atoms with E-state index in [0.717, 1.165) is 61.9 Å². The van der Waals surface area contributed by atoms with Gasteiger partial charge in [0.2, 0.25) is 0 Å². The van der Waals surface area contributed by atoms with Gasteiger partial charge in [0.05, 0.1) is 0 Å². The molecule has 1 unspecified atom stereocenters. The molecular formula is C60H39N3OS. The van der Waals surface area contributed by atoms with E-state index in [4.69, 9.17) is 19.4 Å². The Labute approximate surface area is 379 Å². The minimum atomic E-state index is -0.445. The number of rotatable bonds is 6. The van der Waals surface area contributed by atoms with Crippen molar-refractivity contribution in [2.24, 2.45) is 0 Å². The molecule has 0 saturated heterocycles. The molecule has 0 amide bonds. The minimum absolute atomic E-state index is 0.445. The Morgan fingerprint density at radius 1 is 0.431 bits per heavy atom. The van der Waals surface area contributed by atoms with E-state index in [0.29, 0.717) is 17.5 Å². The van der Waals surface area contributed by atoms with Crippen LogP contribution in [0.25, 0.3) is 104 Å². The fourth-order valence-electron chi connectivity index (χ4n) is 10.1. The van der Waals surface area contributed by atoms with Crippen LogP contribution in [-0.4, -0.2) is 15.0 Å². The van der Waals surface area contributed by atoms with Crippen LogP contribution in [0.2, 0.25) is 0 Å². The van der Waals surface area contributed by atoms with E-state index in [-0.39, 0.29) is 0 Å². The van der Waals surface area contributed by atoms with Crippen molar-refractivity contribution >= 4 is 69.6 Å². The molecule has 13 rings (SSSR count). The quantitative estimate of drug-likeness (QED) is 0.167. The Hall–Kier alpha value is -7.99. The molecule has 0 fully saturated rings. The lowest BCUT2D eigenvalue weighted by atomic mass is 9.67. The van der Waals surface area contributed by atoms with E-state index in [1.54, 1.807) is 11.3 Å². The summed E-state index contributed by atoms with van der Waals surface area (Å²) in [4.78, 5) is 15.9. The van der Waals surface area contributed by atoms with Gasteiger partial charge >= 0.3 is 0 Å². The second-order valence-electron chi connectivity index (χ2n) is 17.3. The number of hydrogen-bond acceptors (Lipinski definition) is 5. The Kier molecular flexibility index (Phi) is 8.55. The molecule has 3 aromatic heterocycles. The van der Waals surface area contributed by atoms with Crippen LogP contribution in [0, 0.1) is 0 Å². The van der Waals surface area contributed by atoms with Gasteiger partial charge < -0.3 is 4.42 Å². The number of furan rings is 1. The van der Waals surface area contributed by atoms with Gasteiger partial charge in [-0.15, -0.1) is 11.3 Å². The van der Waals surface area contributed by atoms with E-state index in [2.05, 4.69) is 213 Å². The number of thiophene rings is 1. The minimum Gasteiger partial charge on any atom is -0.456 e. The first kappa shape index (κ1) is 37.6. The lowest BCUT2D eigenvalue weighted by molar-refractivity contribution is 0.534. The predicted octanol–water partition coefficient (Wildman–Crippen LogP) is 16.1. The van der Waals surface area contributed by atoms with Crippen molar-refractivity contribution in [1.82, 2.24) is 15.0 Å². The number of para-hydroxylation sites is 1. The lowest BCUT2D eigenvalue weighted by Crippen LogP contribution is -2.27. The summed E-state index contributed by atoms with van der Waals surface area (Å²) >= 11 is 1.80. The van der Waals surface area contributed by atoms with Gasteiger partial charge in [-0.2, -0.15) is 0 Å². The molecule has 0 radical (unpaired) electrons. The molecule has 9 aromatic carbocycles. The molecule has 1 aliphatic carbocycles. The van der Waals surface area contributed by atoms with Crippen LogP contribution in [0.4, 0.5) is 0 Å². The van der Waals surface area contributed by atoms with Crippen molar-refractivity contribution in [3.05, 3.63) is 229 Å². The number of allylic oxidation sites excluding steroid dienone is 1. The molecular weight excluding hydrogens is 811 g/mol. The van der Waals surface area contributed by atoms with Gasteiger partial charge in [0.15, 0.2) is 17.5 Å². The fraction of sp³-hybridized carbons (Fsp3) is 0.0500. The standard InChI is InChI=1S/C60H39N3OS/c1-60(32-31-47(39-14-3-2-4-15-39)56-55(60)50-20-9-11-21-52(50)64-56)51-35-45(34-43-17-7-8-18-46(43)51)59-62-57(40-26-23-38(24-27-40)42-28-25-37-13-5-6-16-41(37)33-42)61-58(63-59)44-29-30-49-48-19-10-12-22-53(48)65-54(49)36-44/h2-31,33-36H,32H2,1H3. The molecule has 0 spiro atoms. The van der Waals surface area contributed by atoms with E-state index >= 15 is 0 Å². The summed E-state index contributed by atoms with van der Waals surface area (Å²) in [5.74, 6) is 2.82. The van der Waals surface area contributed by atoms with E-state index < -0.39 is 5.41 Å². The maximum absolute atomic E-state index is 6.84. The number of benzene rings is 9. The lowest BCUT2D eigenvalue weighted by Gasteiger charge is -2.35. The van der Waals surface area contributed by atoms with Crippen molar-refractivity contribution in [2.45, 2.75) is 18.8 Å². The molecule has 306 valence electrons.